The summed E-state index contributed by atoms with van der Waals surface area (Å²) in [6.07, 6.45) is 2.95. The number of piperidine rings is 1. The molecular weight excluding hydrogens is 318 g/mol. The van der Waals surface area contributed by atoms with E-state index in [4.69, 9.17) is 5.14 Å². The summed E-state index contributed by atoms with van der Waals surface area (Å²) in [5.41, 5.74) is -0.566. The zero-order valence-corrected chi connectivity index (χ0v) is 15.3. The molecule has 1 aliphatic heterocycles. The number of primary sulfonamides is 1. The van der Waals surface area contributed by atoms with E-state index >= 15 is 0 Å². The van der Waals surface area contributed by atoms with Crippen molar-refractivity contribution in [1.82, 2.24) is 10.2 Å². The van der Waals surface area contributed by atoms with Crippen molar-refractivity contribution in [1.29, 1.82) is 0 Å². The Morgan fingerprint density at radius 1 is 1.30 bits per heavy atom. The minimum atomic E-state index is -3.54. The van der Waals surface area contributed by atoms with Crippen molar-refractivity contribution in [2.45, 2.75) is 65.5 Å². The maximum absolute atomic E-state index is 12.6. The molecule has 1 heterocycles. The second kappa shape index (κ2) is 7.61. The lowest BCUT2D eigenvalue weighted by Gasteiger charge is -2.37. The maximum atomic E-state index is 12.6. The van der Waals surface area contributed by atoms with Crippen LogP contribution in [-0.4, -0.2) is 49.5 Å². The van der Waals surface area contributed by atoms with Gasteiger partial charge < -0.3 is 10.2 Å². The van der Waals surface area contributed by atoms with E-state index < -0.39 is 21.5 Å². The van der Waals surface area contributed by atoms with Gasteiger partial charge in [-0.05, 0) is 32.6 Å². The number of likely N-dealkylation sites (tertiary alicyclic amines) is 1. The van der Waals surface area contributed by atoms with Gasteiger partial charge in [0.25, 0.3) is 0 Å². The first-order chi connectivity index (χ1) is 10.4. The van der Waals surface area contributed by atoms with E-state index in [2.05, 4.69) is 5.32 Å². The molecule has 0 aromatic heterocycles. The first-order valence-electron chi connectivity index (χ1n) is 8.04. The molecule has 0 aliphatic carbocycles. The topological polar surface area (TPSA) is 110 Å². The molecule has 2 atom stereocenters. The molecule has 23 heavy (non-hydrogen) atoms. The molecule has 134 valence electrons. The lowest BCUT2D eigenvalue weighted by atomic mass is 9.95. The average molecular weight is 347 g/mol. The highest BCUT2D eigenvalue weighted by molar-refractivity contribution is 7.89. The van der Waals surface area contributed by atoms with Crippen LogP contribution >= 0.6 is 0 Å². The van der Waals surface area contributed by atoms with Crippen molar-refractivity contribution < 1.29 is 18.0 Å². The molecule has 0 bridgehead atoms. The number of nitrogens with two attached hydrogens (primary N) is 1. The van der Waals surface area contributed by atoms with E-state index in [-0.39, 0.29) is 23.6 Å². The quantitative estimate of drug-likeness (QED) is 0.758. The fraction of sp³-hybridized carbons (Fsp3) is 0.867. The van der Waals surface area contributed by atoms with Crippen LogP contribution in [0.15, 0.2) is 0 Å². The van der Waals surface area contributed by atoms with Gasteiger partial charge in [-0.2, -0.15) is 0 Å². The Hall–Kier alpha value is -1.15. The maximum Gasteiger partial charge on any atom is 0.245 e. The van der Waals surface area contributed by atoms with Gasteiger partial charge >= 0.3 is 0 Å². The van der Waals surface area contributed by atoms with Gasteiger partial charge in [-0.15, -0.1) is 0 Å². The number of hydrogen-bond donors (Lipinski definition) is 2. The summed E-state index contributed by atoms with van der Waals surface area (Å²) in [6.45, 7) is 7.61. The minimum Gasteiger partial charge on any atom is -0.344 e. The molecule has 1 aliphatic rings. The summed E-state index contributed by atoms with van der Waals surface area (Å²) in [6, 6.07) is -0.764. The number of hydrogen-bond acceptors (Lipinski definition) is 4. The highest BCUT2D eigenvalue weighted by atomic mass is 32.2. The Morgan fingerprint density at radius 3 is 2.43 bits per heavy atom. The van der Waals surface area contributed by atoms with Crippen LogP contribution < -0.4 is 10.5 Å². The van der Waals surface area contributed by atoms with Crippen LogP contribution in [0.3, 0.4) is 0 Å². The summed E-state index contributed by atoms with van der Waals surface area (Å²) >= 11 is 0. The van der Waals surface area contributed by atoms with E-state index in [0.717, 1.165) is 19.3 Å². The fourth-order valence-corrected chi connectivity index (χ4v) is 3.22. The summed E-state index contributed by atoms with van der Waals surface area (Å²) in [5.74, 6) is -0.484. The van der Waals surface area contributed by atoms with Crippen LogP contribution in [-0.2, 0) is 19.6 Å². The molecule has 8 heteroatoms. The lowest BCUT2D eigenvalue weighted by Crippen LogP contribution is -2.54. The molecule has 1 fully saturated rings. The van der Waals surface area contributed by atoms with E-state index in [1.54, 1.807) is 32.6 Å². The van der Waals surface area contributed by atoms with Gasteiger partial charge in [0.2, 0.25) is 21.8 Å². The van der Waals surface area contributed by atoms with Gasteiger partial charge in [-0.3, -0.25) is 9.59 Å². The van der Waals surface area contributed by atoms with Crippen molar-refractivity contribution in [3.8, 4) is 0 Å². The van der Waals surface area contributed by atoms with Gasteiger partial charge in [-0.25, -0.2) is 13.6 Å². The van der Waals surface area contributed by atoms with Gasteiger partial charge in [0.15, 0.2) is 0 Å². The van der Waals surface area contributed by atoms with Crippen LogP contribution in [0.25, 0.3) is 0 Å². The number of nitrogens with zero attached hydrogens (tertiary/aromatic N) is 1. The monoisotopic (exact) mass is 347 g/mol. The van der Waals surface area contributed by atoms with Crippen molar-refractivity contribution in [3.63, 3.8) is 0 Å². The molecule has 0 aromatic carbocycles. The molecular formula is C15H29N3O4S. The van der Waals surface area contributed by atoms with Crippen LogP contribution in [0.5, 0.6) is 0 Å². The third kappa shape index (κ3) is 6.47. The van der Waals surface area contributed by atoms with Crippen LogP contribution in [0, 0.1) is 5.41 Å². The van der Waals surface area contributed by atoms with Gasteiger partial charge in [0.05, 0.1) is 5.75 Å². The predicted octanol–water partition coefficient (Wildman–Crippen LogP) is 0.597. The second-order valence-corrected chi connectivity index (χ2v) is 9.02. The number of nitrogens with one attached hydrogen (secondary N) is 1. The normalized spacial score (nSPS) is 20.9. The Morgan fingerprint density at radius 2 is 1.91 bits per heavy atom. The number of carbonyl (C=O) groups excluding carboxylic acids is 2. The Labute approximate surface area is 139 Å². The Kier molecular flexibility index (Phi) is 6.59. The number of carbonyl (C=O) groups is 2. The van der Waals surface area contributed by atoms with Gasteiger partial charge in [0.1, 0.15) is 6.04 Å². The van der Waals surface area contributed by atoms with Crippen molar-refractivity contribution in [2.24, 2.45) is 10.6 Å². The largest absolute Gasteiger partial charge is 0.344 e. The van der Waals surface area contributed by atoms with E-state index in [1.165, 1.54) is 0 Å². The SMILES string of the molecule is CC(NC(=O)C(C)(C)C)C(=O)N1CCCCC1CCS(N)(=O)=O. The summed E-state index contributed by atoms with van der Waals surface area (Å²) < 4.78 is 22.3. The second-order valence-electron chi connectivity index (χ2n) is 7.28. The molecule has 0 spiro atoms. The molecule has 2 amide bonds. The Bertz CT molecular complexity index is 539. The highest BCUT2D eigenvalue weighted by Crippen LogP contribution is 2.21. The fourth-order valence-electron chi connectivity index (χ4n) is 2.61. The lowest BCUT2D eigenvalue weighted by molar-refractivity contribution is -0.140. The first kappa shape index (κ1) is 19.9. The van der Waals surface area contributed by atoms with E-state index in [9.17, 15) is 18.0 Å². The molecule has 0 aromatic rings. The molecule has 0 saturated carbocycles. The van der Waals surface area contributed by atoms with E-state index in [0.29, 0.717) is 13.0 Å². The summed E-state index contributed by atoms with van der Waals surface area (Å²) in [4.78, 5) is 26.3. The third-order valence-corrected chi connectivity index (χ3v) is 4.85. The standard InChI is InChI=1S/C15H29N3O4S/c1-11(17-14(20)15(2,3)4)13(19)18-9-6-5-7-12(18)8-10-23(16,21)22/h11-12H,5-10H2,1-4H3,(H,17,20)(H2,16,21,22). The molecule has 1 rings (SSSR count). The zero-order valence-electron chi connectivity index (χ0n) is 14.5. The third-order valence-electron chi connectivity index (χ3n) is 4.05. The molecule has 3 N–H and O–H groups in total. The molecule has 2 unspecified atom stereocenters. The van der Waals surface area contributed by atoms with Gasteiger partial charge in [0, 0.05) is 18.0 Å². The zero-order chi connectivity index (χ0) is 17.8. The van der Waals surface area contributed by atoms with Crippen molar-refractivity contribution in [2.75, 3.05) is 12.3 Å². The highest BCUT2D eigenvalue weighted by Gasteiger charge is 2.32. The summed E-state index contributed by atoms with van der Waals surface area (Å²) in [5, 5.41) is 7.80. The Balaban J connectivity index is 2.71. The van der Waals surface area contributed by atoms with Crippen molar-refractivity contribution >= 4 is 21.8 Å². The van der Waals surface area contributed by atoms with Crippen LogP contribution in [0.1, 0.15) is 53.4 Å². The van der Waals surface area contributed by atoms with Crippen LogP contribution in [0.2, 0.25) is 0 Å². The summed E-state index contributed by atoms with van der Waals surface area (Å²) in [7, 11) is -3.54. The first-order valence-corrected chi connectivity index (χ1v) is 9.75. The predicted molar refractivity (Wildman–Crippen MR) is 89.0 cm³/mol. The number of rotatable bonds is 5. The molecule has 1 saturated heterocycles. The number of sulfonamides is 1. The minimum absolute atomic E-state index is 0.135. The molecule has 7 nitrogen and oxygen atoms in total. The smallest absolute Gasteiger partial charge is 0.245 e. The van der Waals surface area contributed by atoms with Crippen LogP contribution in [0.4, 0.5) is 0 Å². The molecule has 0 radical (unpaired) electrons. The average Bonchev–Trinajstić information content (AvgIpc) is 2.42. The van der Waals surface area contributed by atoms with Gasteiger partial charge in [-0.1, -0.05) is 20.8 Å². The van der Waals surface area contributed by atoms with Crippen molar-refractivity contribution in [3.05, 3.63) is 0 Å². The number of amides is 2. The van der Waals surface area contributed by atoms with E-state index in [1.807, 2.05) is 0 Å².